The second-order valence-electron chi connectivity index (χ2n) is 9.74. The van der Waals surface area contributed by atoms with Gasteiger partial charge in [0.1, 0.15) is 17.7 Å². The average molecular weight is 502 g/mol. The molecule has 0 saturated carbocycles. The Morgan fingerprint density at radius 1 is 1.16 bits per heavy atom. The van der Waals surface area contributed by atoms with Crippen molar-refractivity contribution in [3.63, 3.8) is 0 Å². The number of carbonyl (C=O) groups excluding carboxylic acids is 2. The van der Waals surface area contributed by atoms with E-state index in [-0.39, 0.29) is 18.1 Å². The fourth-order valence-corrected chi connectivity index (χ4v) is 3.77. The van der Waals surface area contributed by atoms with Crippen LogP contribution in [0.3, 0.4) is 0 Å². The van der Waals surface area contributed by atoms with E-state index in [0.717, 1.165) is 27.9 Å². The van der Waals surface area contributed by atoms with E-state index < -0.39 is 17.7 Å². The second-order valence-corrected chi connectivity index (χ2v) is 9.74. The summed E-state index contributed by atoms with van der Waals surface area (Å²) < 4.78 is 10.5. The predicted octanol–water partition coefficient (Wildman–Crippen LogP) is 6.10. The van der Waals surface area contributed by atoms with Gasteiger partial charge in [-0.25, -0.2) is 14.8 Å². The first kappa shape index (κ1) is 25.8. The number of benzene rings is 1. The SMILES string of the molecule is Cc1ccc2cc(-c3c[nH]c([C@H](C/C=C/CCC(=O)c4ncco4)NC(=O)OC(C)(C)C)n3)ccc2n1. The average Bonchev–Trinajstić information content (AvgIpc) is 3.54. The van der Waals surface area contributed by atoms with Gasteiger partial charge in [0, 0.05) is 29.3 Å². The summed E-state index contributed by atoms with van der Waals surface area (Å²) in [5.41, 5.74) is 2.96. The standard InChI is InChI=1S/C28H31N5O4/c1-18-10-11-19-16-20(12-13-21(19)31-18)23-17-30-25(32-23)22(33-27(35)37-28(2,3)4)8-6-5-7-9-24(34)26-29-14-15-36-26/h5-6,10-17,22H,7-9H2,1-4H3,(H,30,32)(H,33,35)/b6-5+/t22-/m0/s1. The summed E-state index contributed by atoms with van der Waals surface area (Å²) >= 11 is 0. The number of H-pyrrole nitrogens is 1. The van der Waals surface area contributed by atoms with E-state index in [1.54, 1.807) is 0 Å². The summed E-state index contributed by atoms with van der Waals surface area (Å²) in [6.07, 6.45) is 9.18. The van der Waals surface area contributed by atoms with E-state index in [1.807, 2.05) is 76.4 Å². The van der Waals surface area contributed by atoms with Crippen molar-refractivity contribution < 1.29 is 18.7 Å². The topological polar surface area (TPSA) is 123 Å². The maximum atomic E-state index is 12.5. The van der Waals surface area contributed by atoms with Crippen LogP contribution in [0.25, 0.3) is 22.2 Å². The molecule has 0 radical (unpaired) electrons. The Balaban J connectivity index is 1.47. The molecular formula is C28H31N5O4. The molecule has 0 fully saturated rings. The van der Waals surface area contributed by atoms with Crippen molar-refractivity contribution in [2.75, 3.05) is 0 Å². The first-order valence-electron chi connectivity index (χ1n) is 12.2. The van der Waals surface area contributed by atoms with Crippen molar-refractivity contribution in [1.82, 2.24) is 25.3 Å². The number of oxazole rings is 1. The number of aromatic amines is 1. The number of aryl methyl sites for hydroxylation is 1. The second kappa shape index (κ2) is 11.2. The number of nitrogens with zero attached hydrogens (tertiary/aromatic N) is 3. The molecule has 37 heavy (non-hydrogen) atoms. The molecule has 0 aliphatic carbocycles. The molecule has 3 aromatic heterocycles. The number of imidazole rings is 1. The largest absolute Gasteiger partial charge is 0.444 e. The van der Waals surface area contributed by atoms with Crippen LogP contribution in [0, 0.1) is 6.92 Å². The Labute approximate surface area is 215 Å². The third kappa shape index (κ3) is 7.13. The van der Waals surface area contributed by atoms with Crippen LogP contribution in [-0.4, -0.2) is 37.4 Å². The van der Waals surface area contributed by atoms with Crippen LogP contribution in [0.15, 0.2) is 65.6 Å². The minimum absolute atomic E-state index is 0.112. The zero-order valence-corrected chi connectivity index (χ0v) is 21.4. The number of aromatic nitrogens is 4. The number of ether oxygens (including phenoxy) is 1. The summed E-state index contributed by atoms with van der Waals surface area (Å²) in [6.45, 7) is 7.40. The number of ketones is 1. The molecule has 1 atom stereocenters. The van der Waals surface area contributed by atoms with Gasteiger partial charge in [-0.2, -0.15) is 0 Å². The van der Waals surface area contributed by atoms with Crippen molar-refractivity contribution in [2.45, 2.75) is 58.6 Å². The van der Waals surface area contributed by atoms with Crippen LogP contribution < -0.4 is 5.32 Å². The lowest BCUT2D eigenvalue weighted by molar-refractivity contribution is 0.0501. The molecule has 9 nitrogen and oxygen atoms in total. The smallest absolute Gasteiger partial charge is 0.408 e. The molecule has 9 heteroatoms. The number of pyridine rings is 1. The molecule has 0 aliphatic heterocycles. The Bertz CT molecular complexity index is 1400. The molecule has 1 aromatic carbocycles. The lowest BCUT2D eigenvalue weighted by Crippen LogP contribution is -2.35. The highest BCUT2D eigenvalue weighted by Crippen LogP contribution is 2.25. The van der Waals surface area contributed by atoms with Crippen molar-refractivity contribution in [1.29, 1.82) is 0 Å². The van der Waals surface area contributed by atoms with E-state index in [2.05, 4.69) is 20.3 Å². The van der Waals surface area contributed by atoms with Gasteiger partial charge in [0.05, 0.1) is 23.4 Å². The maximum Gasteiger partial charge on any atom is 0.408 e. The normalized spacial score (nSPS) is 12.6. The van der Waals surface area contributed by atoms with Crippen LogP contribution in [0.1, 0.15) is 68.3 Å². The number of amides is 1. The highest BCUT2D eigenvalue weighted by Gasteiger charge is 2.22. The molecular weight excluding hydrogens is 470 g/mol. The third-order valence-corrected chi connectivity index (χ3v) is 5.49. The zero-order valence-electron chi connectivity index (χ0n) is 21.4. The minimum atomic E-state index is -0.628. The summed E-state index contributed by atoms with van der Waals surface area (Å²) in [7, 11) is 0. The summed E-state index contributed by atoms with van der Waals surface area (Å²) in [4.78, 5) is 41.0. The lowest BCUT2D eigenvalue weighted by atomic mass is 10.1. The fraction of sp³-hybridized carbons (Fsp3) is 0.321. The van der Waals surface area contributed by atoms with Gasteiger partial charge in [0.2, 0.25) is 5.78 Å². The lowest BCUT2D eigenvalue weighted by Gasteiger charge is -2.22. The maximum absolute atomic E-state index is 12.5. The van der Waals surface area contributed by atoms with E-state index in [0.29, 0.717) is 18.7 Å². The van der Waals surface area contributed by atoms with Gasteiger partial charge in [-0.15, -0.1) is 0 Å². The van der Waals surface area contributed by atoms with Gasteiger partial charge in [-0.3, -0.25) is 9.78 Å². The first-order chi connectivity index (χ1) is 17.7. The molecule has 0 spiro atoms. The van der Waals surface area contributed by atoms with Crippen molar-refractivity contribution in [3.8, 4) is 11.3 Å². The van der Waals surface area contributed by atoms with Crippen LogP contribution in [-0.2, 0) is 4.74 Å². The van der Waals surface area contributed by atoms with Gasteiger partial charge in [-0.05, 0) is 58.7 Å². The van der Waals surface area contributed by atoms with Crippen molar-refractivity contribution >= 4 is 22.8 Å². The van der Waals surface area contributed by atoms with Crippen LogP contribution in [0.5, 0.6) is 0 Å². The third-order valence-electron chi connectivity index (χ3n) is 5.49. The number of nitrogens with one attached hydrogen (secondary N) is 2. The number of Topliss-reactive ketones (excluding diaryl/α,β-unsaturated/α-hetero) is 1. The Hall–Kier alpha value is -4.27. The van der Waals surface area contributed by atoms with E-state index in [1.165, 1.54) is 12.5 Å². The number of rotatable bonds is 9. The predicted molar refractivity (Wildman–Crippen MR) is 140 cm³/mol. The highest BCUT2D eigenvalue weighted by atomic mass is 16.6. The van der Waals surface area contributed by atoms with Gasteiger partial charge in [-0.1, -0.05) is 24.3 Å². The number of hydrogen-bond donors (Lipinski definition) is 2. The molecule has 3 heterocycles. The molecule has 2 N–H and O–H groups in total. The molecule has 1 amide bonds. The molecule has 0 saturated heterocycles. The molecule has 0 unspecified atom stereocenters. The van der Waals surface area contributed by atoms with E-state index >= 15 is 0 Å². The number of alkyl carbamates (subject to hydrolysis) is 1. The summed E-state index contributed by atoms with van der Waals surface area (Å²) in [5.74, 6) is 0.554. The number of carbonyl (C=O) groups is 2. The molecule has 4 aromatic rings. The highest BCUT2D eigenvalue weighted by molar-refractivity contribution is 5.91. The summed E-state index contributed by atoms with van der Waals surface area (Å²) in [5, 5.41) is 3.93. The zero-order chi connectivity index (χ0) is 26.4. The molecule has 0 bridgehead atoms. The van der Waals surface area contributed by atoms with Gasteiger partial charge in [0.15, 0.2) is 0 Å². The van der Waals surface area contributed by atoms with Crippen LogP contribution in [0.2, 0.25) is 0 Å². The van der Waals surface area contributed by atoms with E-state index in [9.17, 15) is 9.59 Å². The van der Waals surface area contributed by atoms with Crippen LogP contribution in [0.4, 0.5) is 4.79 Å². The van der Waals surface area contributed by atoms with E-state index in [4.69, 9.17) is 14.1 Å². The van der Waals surface area contributed by atoms with Gasteiger partial charge in [0.25, 0.3) is 5.89 Å². The Morgan fingerprint density at radius 3 is 2.76 bits per heavy atom. The quantitative estimate of drug-likeness (QED) is 0.210. The first-order valence-corrected chi connectivity index (χ1v) is 12.2. The van der Waals surface area contributed by atoms with Crippen LogP contribution >= 0.6 is 0 Å². The number of allylic oxidation sites excluding steroid dienone is 1. The Morgan fingerprint density at radius 2 is 2.00 bits per heavy atom. The monoisotopic (exact) mass is 501 g/mol. The number of fused-ring (bicyclic) bond motifs is 1. The fourth-order valence-electron chi connectivity index (χ4n) is 3.77. The molecule has 4 rings (SSSR count). The van der Waals surface area contributed by atoms with Gasteiger partial charge < -0.3 is 19.5 Å². The minimum Gasteiger partial charge on any atom is -0.444 e. The summed E-state index contributed by atoms with van der Waals surface area (Å²) in [6, 6.07) is 9.57. The van der Waals surface area contributed by atoms with Gasteiger partial charge >= 0.3 is 6.09 Å². The Kier molecular flexibility index (Phi) is 7.81. The molecule has 0 aliphatic rings. The van der Waals surface area contributed by atoms with Crippen molar-refractivity contribution in [2.24, 2.45) is 0 Å². The number of hydrogen-bond acceptors (Lipinski definition) is 7. The molecule has 192 valence electrons. The van der Waals surface area contributed by atoms with Crippen molar-refractivity contribution in [3.05, 3.63) is 78.5 Å².